The van der Waals surface area contributed by atoms with Gasteiger partial charge in [0.2, 0.25) is 5.95 Å². The van der Waals surface area contributed by atoms with E-state index in [2.05, 4.69) is 20.4 Å². The van der Waals surface area contributed by atoms with Crippen LogP contribution in [0, 0.1) is 11.2 Å². The Balaban J connectivity index is 2.19. The average molecular weight is 453 g/mol. The molecule has 0 aliphatic rings. The van der Waals surface area contributed by atoms with Crippen molar-refractivity contribution in [2.24, 2.45) is 5.10 Å². The summed E-state index contributed by atoms with van der Waals surface area (Å²) in [4.78, 5) is 21.9. The van der Waals surface area contributed by atoms with E-state index < -0.39 is 29.5 Å². The number of anilines is 2. The molecule has 1 aromatic heterocycles. The highest BCUT2D eigenvalue weighted by Crippen LogP contribution is 2.28. The molecule has 1 aromatic carbocycles. The zero-order valence-corrected chi connectivity index (χ0v) is 17.7. The summed E-state index contributed by atoms with van der Waals surface area (Å²) in [5, 5.41) is 15.0. The number of nitrogens with zero attached hydrogens (tertiary/aromatic N) is 5. The van der Waals surface area contributed by atoms with Crippen molar-refractivity contribution in [3.63, 3.8) is 0 Å². The third kappa shape index (κ3) is 5.99. The van der Waals surface area contributed by atoms with Gasteiger partial charge in [0.25, 0.3) is 5.91 Å². The lowest BCUT2D eigenvalue weighted by Gasteiger charge is -2.30. The molecule has 0 radical (unpaired) electrons. The lowest BCUT2D eigenvalue weighted by molar-refractivity contribution is -0.138. The van der Waals surface area contributed by atoms with Crippen LogP contribution in [0.3, 0.4) is 0 Å². The van der Waals surface area contributed by atoms with Gasteiger partial charge >= 0.3 is 6.18 Å². The van der Waals surface area contributed by atoms with Crippen molar-refractivity contribution in [1.29, 1.82) is 5.41 Å². The molecule has 172 valence electrons. The Morgan fingerprint density at radius 3 is 2.53 bits per heavy atom. The lowest BCUT2D eigenvalue weighted by atomic mass is 10.1. The number of benzene rings is 1. The Kier molecular flexibility index (Phi) is 8.21. The molecule has 0 aliphatic heterocycles. The summed E-state index contributed by atoms with van der Waals surface area (Å²) in [6, 6.07) is 3.67. The fourth-order valence-corrected chi connectivity index (χ4v) is 2.90. The number of alkyl halides is 3. The maximum Gasteiger partial charge on any atom is 0.419 e. The number of carbonyl (C=O) groups excluding carboxylic acids is 1. The van der Waals surface area contributed by atoms with Gasteiger partial charge in [-0.05, 0) is 26.0 Å². The maximum absolute atomic E-state index is 14.6. The van der Waals surface area contributed by atoms with Gasteiger partial charge in [0.1, 0.15) is 11.4 Å². The molecule has 0 aliphatic carbocycles. The smallest absolute Gasteiger partial charge is 0.352 e. The molecule has 0 saturated carbocycles. The first-order chi connectivity index (χ1) is 15.1. The first-order valence-corrected chi connectivity index (χ1v) is 9.59. The molecule has 8 nitrogen and oxygen atoms in total. The van der Waals surface area contributed by atoms with Crippen molar-refractivity contribution >= 4 is 30.0 Å². The first-order valence-electron chi connectivity index (χ1n) is 9.59. The van der Waals surface area contributed by atoms with Crippen LogP contribution in [0.1, 0.15) is 29.8 Å². The van der Waals surface area contributed by atoms with Crippen LogP contribution < -0.4 is 10.3 Å². The third-order valence-corrected chi connectivity index (χ3v) is 4.54. The Morgan fingerprint density at radius 2 is 1.97 bits per heavy atom. The van der Waals surface area contributed by atoms with E-state index >= 15 is 0 Å². The second kappa shape index (κ2) is 10.6. The Bertz CT molecular complexity index is 963. The van der Waals surface area contributed by atoms with Crippen molar-refractivity contribution in [3.05, 3.63) is 47.5 Å². The molecule has 2 N–H and O–H groups in total. The van der Waals surface area contributed by atoms with E-state index in [9.17, 15) is 22.4 Å². The van der Waals surface area contributed by atoms with E-state index in [1.165, 1.54) is 35.3 Å². The summed E-state index contributed by atoms with van der Waals surface area (Å²) in [7, 11) is 1.52. The minimum Gasteiger partial charge on any atom is -0.352 e. The van der Waals surface area contributed by atoms with E-state index in [-0.39, 0.29) is 30.3 Å². The third-order valence-electron chi connectivity index (χ3n) is 4.54. The number of likely N-dealkylation sites (N-methyl/N-ethyl adjacent to an activating group) is 1. The number of carbonyl (C=O) groups is 1. The molecule has 0 bridgehead atoms. The van der Waals surface area contributed by atoms with Crippen LogP contribution in [-0.4, -0.2) is 59.4 Å². The van der Waals surface area contributed by atoms with Crippen molar-refractivity contribution in [3.8, 4) is 0 Å². The maximum atomic E-state index is 14.6. The zero-order valence-electron chi connectivity index (χ0n) is 17.7. The molecular formula is C20H23F4N7O. The molecular weight excluding hydrogens is 430 g/mol. The highest BCUT2D eigenvalue weighted by atomic mass is 19.4. The summed E-state index contributed by atoms with van der Waals surface area (Å²) in [6.07, 6.45) is -1.07. The Hall–Kier alpha value is -3.57. The number of amides is 1. The summed E-state index contributed by atoms with van der Waals surface area (Å²) in [5.74, 6) is -1.34. The molecule has 12 heteroatoms. The molecule has 2 rings (SSSR count). The molecule has 2 aromatic rings. The van der Waals surface area contributed by atoms with Crippen molar-refractivity contribution in [2.45, 2.75) is 26.1 Å². The summed E-state index contributed by atoms with van der Waals surface area (Å²) < 4.78 is 52.5. The van der Waals surface area contributed by atoms with Crippen LogP contribution in [0.4, 0.5) is 29.2 Å². The van der Waals surface area contributed by atoms with Gasteiger partial charge in [-0.25, -0.2) is 14.4 Å². The van der Waals surface area contributed by atoms with Gasteiger partial charge in [0.15, 0.2) is 0 Å². The van der Waals surface area contributed by atoms with E-state index in [0.717, 1.165) is 12.3 Å². The van der Waals surface area contributed by atoms with Gasteiger partial charge in [0, 0.05) is 44.8 Å². The SMILES string of the molecule is CCN(C(=O)c1c(F)cccc1N(C)/N=C\C=N)C(C)CNc1ncc(C(F)(F)F)cn1. The molecule has 0 fully saturated rings. The van der Waals surface area contributed by atoms with E-state index in [0.29, 0.717) is 12.4 Å². The van der Waals surface area contributed by atoms with Crippen LogP contribution in [0.2, 0.25) is 0 Å². The normalized spacial score (nSPS) is 12.5. The van der Waals surface area contributed by atoms with E-state index in [4.69, 9.17) is 5.41 Å². The first kappa shape index (κ1) is 24.7. The second-order valence-corrected chi connectivity index (χ2v) is 6.70. The number of halogens is 4. The predicted molar refractivity (Wildman–Crippen MR) is 114 cm³/mol. The highest BCUT2D eigenvalue weighted by Gasteiger charge is 2.31. The largest absolute Gasteiger partial charge is 0.419 e. The minimum absolute atomic E-state index is 0.0272. The number of nitrogens with one attached hydrogen (secondary N) is 2. The van der Waals surface area contributed by atoms with E-state index in [1.54, 1.807) is 13.8 Å². The van der Waals surface area contributed by atoms with Gasteiger partial charge in [-0.3, -0.25) is 9.80 Å². The number of hydrogen-bond donors (Lipinski definition) is 2. The van der Waals surface area contributed by atoms with E-state index in [1.807, 2.05) is 0 Å². The van der Waals surface area contributed by atoms with Crippen molar-refractivity contribution in [1.82, 2.24) is 14.9 Å². The highest BCUT2D eigenvalue weighted by molar-refractivity contribution is 6.14. The molecule has 1 amide bonds. The monoisotopic (exact) mass is 453 g/mol. The molecule has 0 saturated heterocycles. The fourth-order valence-electron chi connectivity index (χ4n) is 2.90. The standard InChI is InChI=1S/C20H23F4N7O/c1-4-31(13(2)10-26-19-27-11-14(12-28-19)20(22,23)24)18(32)17-15(21)6-5-7-16(17)30(3)29-9-8-25/h5-9,11-13,25H,4,10H2,1-3H3,(H,26,27,28)/b25-8?,29-9-. The van der Waals surface area contributed by atoms with Gasteiger partial charge < -0.3 is 15.6 Å². The summed E-state index contributed by atoms with van der Waals surface area (Å²) in [5.41, 5.74) is -0.933. The molecule has 1 atom stereocenters. The Labute approximate surface area is 182 Å². The molecule has 32 heavy (non-hydrogen) atoms. The predicted octanol–water partition coefficient (Wildman–Crippen LogP) is 3.67. The van der Waals surface area contributed by atoms with Crippen LogP contribution in [0.5, 0.6) is 0 Å². The average Bonchev–Trinajstić information content (AvgIpc) is 2.75. The number of hydrazone groups is 1. The molecule has 0 spiro atoms. The Morgan fingerprint density at radius 1 is 1.31 bits per heavy atom. The van der Waals surface area contributed by atoms with Crippen molar-refractivity contribution < 1.29 is 22.4 Å². The zero-order chi connectivity index (χ0) is 23.9. The molecule has 1 heterocycles. The summed E-state index contributed by atoms with van der Waals surface area (Å²) in [6.45, 7) is 3.80. The van der Waals surface area contributed by atoms with Gasteiger partial charge in [-0.2, -0.15) is 18.3 Å². The van der Waals surface area contributed by atoms with Gasteiger partial charge in [-0.15, -0.1) is 0 Å². The number of hydrogen-bond acceptors (Lipinski definition) is 7. The lowest BCUT2D eigenvalue weighted by Crippen LogP contribution is -2.43. The molecule has 1 unspecified atom stereocenters. The van der Waals surface area contributed by atoms with Crippen molar-refractivity contribution in [2.75, 3.05) is 30.5 Å². The summed E-state index contributed by atoms with van der Waals surface area (Å²) >= 11 is 0. The van der Waals surface area contributed by atoms with Crippen LogP contribution in [-0.2, 0) is 6.18 Å². The second-order valence-electron chi connectivity index (χ2n) is 6.70. The minimum atomic E-state index is -4.54. The number of rotatable bonds is 9. The quantitative estimate of drug-likeness (QED) is 0.343. The number of aromatic nitrogens is 2. The van der Waals surface area contributed by atoms with Gasteiger partial charge in [0.05, 0.1) is 17.5 Å². The van der Waals surface area contributed by atoms with Crippen LogP contribution in [0.25, 0.3) is 0 Å². The van der Waals surface area contributed by atoms with Crippen LogP contribution in [0.15, 0.2) is 35.7 Å². The topological polar surface area (TPSA) is 97.6 Å². The van der Waals surface area contributed by atoms with Crippen LogP contribution >= 0.6 is 0 Å². The van der Waals surface area contributed by atoms with Gasteiger partial charge in [-0.1, -0.05) is 6.07 Å². The fraction of sp³-hybridized carbons (Fsp3) is 0.350.